The molecule has 4 heteroatoms. The molecule has 0 fully saturated rings. The highest BCUT2D eigenvalue weighted by Gasteiger charge is 2.10. The molecule has 1 atom stereocenters. The van der Waals surface area contributed by atoms with Gasteiger partial charge in [-0.15, -0.1) is 0 Å². The van der Waals surface area contributed by atoms with Crippen LogP contribution in [0.2, 0.25) is 0 Å². The van der Waals surface area contributed by atoms with Crippen molar-refractivity contribution in [2.24, 2.45) is 5.92 Å². The van der Waals surface area contributed by atoms with Gasteiger partial charge < -0.3 is 9.84 Å². The minimum absolute atomic E-state index is 0.258. The average molecular weight is 255 g/mol. The van der Waals surface area contributed by atoms with Crippen LogP contribution in [0.5, 0.6) is 5.88 Å². The second-order valence-electron chi connectivity index (χ2n) is 4.50. The normalized spacial score (nSPS) is 12.4. The quantitative estimate of drug-likeness (QED) is 0.775. The standard InChI is InChI=1S/C14H22FNO2/c1-3-5-6-11(4-2)10-18-14-12(9-17)7-13(15)8-16-14/h7-8,11,17H,3-6,9-10H2,1-2H3. The minimum Gasteiger partial charge on any atom is -0.477 e. The summed E-state index contributed by atoms with van der Waals surface area (Å²) in [5.41, 5.74) is 0.403. The van der Waals surface area contributed by atoms with Crippen molar-refractivity contribution in [1.29, 1.82) is 0 Å². The monoisotopic (exact) mass is 255 g/mol. The molecule has 0 aliphatic heterocycles. The zero-order chi connectivity index (χ0) is 13.4. The van der Waals surface area contributed by atoms with Crippen LogP contribution in [0.4, 0.5) is 4.39 Å². The highest BCUT2D eigenvalue weighted by Crippen LogP contribution is 2.19. The fourth-order valence-corrected chi connectivity index (χ4v) is 1.81. The highest BCUT2D eigenvalue weighted by molar-refractivity contribution is 5.25. The second-order valence-corrected chi connectivity index (χ2v) is 4.50. The zero-order valence-electron chi connectivity index (χ0n) is 11.2. The molecule has 1 aromatic heterocycles. The maximum atomic E-state index is 12.9. The van der Waals surface area contributed by atoms with Gasteiger partial charge in [0.05, 0.1) is 19.4 Å². The molecule has 0 amide bonds. The first-order valence-corrected chi connectivity index (χ1v) is 6.59. The molecule has 0 aliphatic rings. The molecular formula is C14H22FNO2. The Morgan fingerprint density at radius 1 is 1.44 bits per heavy atom. The molecule has 18 heavy (non-hydrogen) atoms. The van der Waals surface area contributed by atoms with Crippen molar-refractivity contribution in [3.05, 3.63) is 23.6 Å². The van der Waals surface area contributed by atoms with Crippen LogP contribution < -0.4 is 4.74 Å². The van der Waals surface area contributed by atoms with E-state index in [2.05, 4.69) is 18.8 Å². The van der Waals surface area contributed by atoms with Crippen molar-refractivity contribution in [2.75, 3.05) is 6.61 Å². The lowest BCUT2D eigenvalue weighted by Gasteiger charge is -2.16. The van der Waals surface area contributed by atoms with Crippen LogP contribution in [0, 0.1) is 11.7 Å². The fourth-order valence-electron chi connectivity index (χ4n) is 1.81. The summed E-state index contributed by atoms with van der Waals surface area (Å²) in [7, 11) is 0. The van der Waals surface area contributed by atoms with Gasteiger partial charge in [0.15, 0.2) is 0 Å². The first-order valence-electron chi connectivity index (χ1n) is 6.59. The van der Waals surface area contributed by atoms with Crippen molar-refractivity contribution < 1.29 is 14.2 Å². The molecule has 102 valence electrons. The third-order valence-electron chi connectivity index (χ3n) is 3.06. The summed E-state index contributed by atoms with van der Waals surface area (Å²) in [4.78, 5) is 3.88. The summed E-state index contributed by atoms with van der Waals surface area (Å²) < 4.78 is 18.5. The predicted octanol–water partition coefficient (Wildman–Crippen LogP) is 3.31. The smallest absolute Gasteiger partial charge is 0.219 e. The number of nitrogens with zero attached hydrogens (tertiary/aromatic N) is 1. The summed E-state index contributed by atoms with van der Waals surface area (Å²) in [5.74, 6) is 0.376. The van der Waals surface area contributed by atoms with Crippen LogP contribution in [0.15, 0.2) is 12.3 Å². The fraction of sp³-hybridized carbons (Fsp3) is 0.643. The van der Waals surface area contributed by atoms with E-state index in [1.807, 2.05) is 0 Å². The van der Waals surface area contributed by atoms with Crippen molar-refractivity contribution in [2.45, 2.75) is 46.1 Å². The van der Waals surface area contributed by atoms with Crippen molar-refractivity contribution >= 4 is 0 Å². The van der Waals surface area contributed by atoms with Gasteiger partial charge in [-0.1, -0.05) is 33.1 Å². The first-order chi connectivity index (χ1) is 8.71. The Morgan fingerprint density at radius 2 is 2.22 bits per heavy atom. The van der Waals surface area contributed by atoms with E-state index in [-0.39, 0.29) is 6.61 Å². The predicted molar refractivity (Wildman–Crippen MR) is 68.9 cm³/mol. The number of halogens is 1. The Kier molecular flexibility index (Phi) is 6.65. The third-order valence-corrected chi connectivity index (χ3v) is 3.06. The Morgan fingerprint density at radius 3 is 2.83 bits per heavy atom. The Bertz CT molecular complexity index is 358. The number of hydrogen-bond donors (Lipinski definition) is 1. The molecule has 0 saturated heterocycles. The lowest BCUT2D eigenvalue weighted by molar-refractivity contribution is 0.213. The van der Waals surface area contributed by atoms with Crippen molar-refractivity contribution in [3.8, 4) is 5.88 Å². The van der Waals surface area contributed by atoms with Gasteiger partial charge in [0.25, 0.3) is 0 Å². The molecule has 0 aliphatic carbocycles. The third kappa shape index (κ3) is 4.61. The van der Waals surface area contributed by atoms with E-state index in [1.54, 1.807) is 0 Å². The lowest BCUT2D eigenvalue weighted by atomic mass is 10.0. The van der Waals surface area contributed by atoms with Crippen molar-refractivity contribution in [1.82, 2.24) is 4.98 Å². The van der Waals surface area contributed by atoms with Crippen LogP contribution in [0.1, 0.15) is 45.1 Å². The summed E-state index contributed by atoms with van der Waals surface area (Å²) in [5, 5.41) is 9.12. The number of aliphatic hydroxyl groups is 1. The number of pyridine rings is 1. The largest absolute Gasteiger partial charge is 0.477 e. The molecular weight excluding hydrogens is 233 g/mol. The van der Waals surface area contributed by atoms with Gasteiger partial charge in [-0.05, 0) is 18.4 Å². The molecule has 1 unspecified atom stereocenters. The van der Waals surface area contributed by atoms with Gasteiger partial charge in [0, 0.05) is 5.56 Å². The van der Waals surface area contributed by atoms with E-state index in [1.165, 1.54) is 18.9 Å². The van der Waals surface area contributed by atoms with Crippen LogP contribution >= 0.6 is 0 Å². The molecule has 0 aromatic carbocycles. The molecule has 3 nitrogen and oxygen atoms in total. The van der Waals surface area contributed by atoms with Crippen LogP contribution in [-0.4, -0.2) is 16.7 Å². The molecule has 1 N–H and O–H groups in total. The Hall–Kier alpha value is -1.16. The molecule has 0 bridgehead atoms. The van der Waals surface area contributed by atoms with Crippen LogP contribution in [0.25, 0.3) is 0 Å². The van der Waals surface area contributed by atoms with E-state index in [0.29, 0.717) is 24.0 Å². The second kappa shape index (κ2) is 8.03. The zero-order valence-corrected chi connectivity index (χ0v) is 11.2. The van der Waals surface area contributed by atoms with E-state index in [4.69, 9.17) is 9.84 Å². The summed E-state index contributed by atoms with van der Waals surface area (Å²) in [6.45, 7) is 4.61. The van der Waals surface area contributed by atoms with Gasteiger partial charge in [0.2, 0.25) is 5.88 Å². The van der Waals surface area contributed by atoms with Gasteiger partial charge >= 0.3 is 0 Å². The van der Waals surface area contributed by atoms with E-state index >= 15 is 0 Å². The van der Waals surface area contributed by atoms with Crippen molar-refractivity contribution in [3.63, 3.8) is 0 Å². The molecule has 1 rings (SSSR count). The lowest BCUT2D eigenvalue weighted by Crippen LogP contribution is -2.13. The topological polar surface area (TPSA) is 42.4 Å². The summed E-state index contributed by atoms with van der Waals surface area (Å²) >= 11 is 0. The Labute approximate surface area is 108 Å². The van der Waals surface area contributed by atoms with E-state index < -0.39 is 5.82 Å². The summed E-state index contributed by atoms with van der Waals surface area (Å²) in [6, 6.07) is 1.26. The number of unbranched alkanes of at least 4 members (excludes halogenated alkanes) is 1. The molecule has 0 saturated carbocycles. The molecule has 0 radical (unpaired) electrons. The number of aromatic nitrogens is 1. The molecule has 1 heterocycles. The van der Waals surface area contributed by atoms with Gasteiger partial charge in [-0.3, -0.25) is 0 Å². The number of aliphatic hydroxyl groups excluding tert-OH is 1. The van der Waals surface area contributed by atoms with E-state index in [9.17, 15) is 4.39 Å². The maximum Gasteiger partial charge on any atom is 0.219 e. The number of hydrogen-bond acceptors (Lipinski definition) is 3. The number of ether oxygens (including phenoxy) is 1. The summed E-state index contributed by atoms with van der Waals surface area (Å²) in [6.07, 6.45) is 5.65. The molecule has 0 spiro atoms. The SMILES string of the molecule is CCCCC(CC)COc1ncc(F)cc1CO. The van der Waals surface area contributed by atoms with Gasteiger partial charge in [0.1, 0.15) is 5.82 Å². The minimum atomic E-state index is -0.454. The average Bonchev–Trinajstić information content (AvgIpc) is 2.40. The molecule has 1 aromatic rings. The first kappa shape index (κ1) is 14.9. The van der Waals surface area contributed by atoms with Gasteiger partial charge in [-0.2, -0.15) is 0 Å². The Balaban J connectivity index is 2.56. The maximum absolute atomic E-state index is 12.9. The van der Waals surface area contributed by atoms with Crippen LogP contribution in [0.3, 0.4) is 0 Å². The van der Waals surface area contributed by atoms with E-state index in [0.717, 1.165) is 19.0 Å². The highest BCUT2D eigenvalue weighted by atomic mass is 19.1. The van der Waals surface area contributed by atoms with Crippen LogP contribution in [-0.2, 0) is 6.61 Å². The number of rotatable bonds is 8. The van der Waals surface area contributed by atoms with Gasteiger partial charge in [-0.25, -0.2) is 9.37 Å².